The zero-order chi connectivity index (χ0) is 12.9. The fourth-order valence-electron chi connectivity index (χ4n) is 1.22. The molecule has 0 radical (unpaired) electrons. The van der Waals surface area contributed by atoms with E-state index in [1.807, 2.05) is 18.8 Å². The third-order valence-electron chi connectivity index (χ3n) is 2.43. The first-order valence-corrected chi connectivity index (χ1v) is 7.02. The van der Waals surface area contributed by atoms with Crippen molar-refractivity contribution in [2.75, 3.05) is 7.05 Å². The molecular formula is C12H23N3OS. The summed E-state index contributed by atoms with van der Waals surface area (Å²) in [6.45, 7) is 8.71. The number of nitrogens with zero attached hydrogens (tertiary/aromatic N) is 2. The minimum absolute atomic E-state index is 0.238. The van der Waals surface area contributed by atoms with Crippen LogP contribution in [0.2, 0.25) is 0 Å². The van der Waals surface area contributed by atoms with Crippen molar-refractivity contribution in [1.29, 1.82) is 0 Å². The van der Waals surface area contributed by atoms with Gasteiger partial charge in [-0.25, -0.2) is 0 Å². The molecule has 1 N–H and O–H groups in total. The maximum absolute atomic E-state index is 5.22. The Morgan fingerprint density at radius 3 is 2.71 bits per heavy atom. The summed E-state index contributed by atoms with van der Waals surface area (Å²) in [5.41, 5.74) is 0. The van der Waals surface area contributed by atoms with Crippen molar-refractivity contribution in [1.82, 2.24) is 15.5 Å². The molecule has 0 spiro atoms. The van der Waals surface area contributed by atoms with Crippen molar-refractivity contribution in [3.63, 3.8) is 0 Å². The molecule has 1 aromatic rings. The van der Waals surface area contributed by atoms with Crippen LogP contribution in [-0.2, 0) is 12.2 Å². The summed E-state index contributed by atoms with van der Waals surface area (Å²) in [7, 11) is 1.96. The monoisotopic (exact) mass is 257 g/mol. The highest BCUT2D eigenvalue weighted by molar-refractivity contribution is 7.99. The number of nitrogens with one attached hydrogen (secondary N) is 1. The van der Waals surface area contributed by atoms with E-state index in [0.29, 0.717) is 6.04 Å². The third-order valence-corrected chi connectivity index (χ3v) is 3.70. The van der Waals surface area contributed by atoms with Crippen LogP contribution in [0.4, 0.5) is 0 Å². The molecular weight excluding hydrogens is 234 g/mol. The molecule has 5 heteroatoms. The second-order valence-corrected chi connectivity index (χ2v) is 7.04. The highest BCUT2D eigenvalue weighted by atomic mass is 32.2. The summed E-state index contributed by atoms with van der Waals surface area (Å²) in [6.07, 6.45) is 1.86. The van der Waals surface area contributed by atoms with Gasteiger partial charge in [-0.15, -0.1) is 11.8 Å². The number of thioether (sulfide) groups is 1. The fraction of sp³-hybridized carbons (Fsp3) is 0.833. The van der Waals surface area contributed by atoms with Crippen LogP contribution in [0.15, 0.2) is 4.52 Å². The summed E-state index contributed by atoms with van der Waals surface area (Å²) < 4.78 is 5.46. The Morgan fingerprint density at radius 2 is 2.12 bits per heavy atom. The summed E-state index contributed by atoms with van der Waals surface area (Å²) in [4.78, 5) is 4.39. The van der Waals surface area contributed by atoms with Crippen molar-refractivity contribution in [2.45, 2.75) is 57.1 Å². The Bertz CT molecular complexity index is 333. The highest BCUT2D eigenvalue weighted by Gasteiger charge is 2.14. The lowest BCUT2D eigenvalue weighted by Gasteiger charge is -2.15. The largest absolute Gasteiger partial charge is 0.339 e. The predicted octanol–water partition coefficient (Wildman–Crippen LogP) is 2.64. The molecule has 0 aromatic carbocycles. The van der Waals surface area contributed by atoms with Crippen molar-refractivity contribution >= 4 is 11.8 Å². The highest BCUT2D eigenvalue weighted by Crippen LogP contribution is 2.26. The summed E-state index contributed by atoms with van der Waals surface area (Å²) in [6, 6.07) is 0.481. The van der Waals surface area contributed by atoms with Crippen molar-refractivity contribution in [3.05, 3.63) is 11.7 Å². The van der Waals surface area contributed by atoms with Gasteiger partial charge in [0.05, 0.1) is 5.75 Å². The molecule has 0 bridgehead atoms. The van der Waals surface area contributed by atoms with Gasteiger partial charge in [-0.1, -0.05) is 25.9 Å². The lowest BCUT2D eigenvalue weighted by atomic mass is 10.2. The third kappa shape index (κ3) is 6.07. The fourth-order valence-corrected chi connectivity index (χ4v) is 1.90. The van der Waals surface area contributed by atoms with Crippen LogP contribution in [0.5, 0.6) is 0 Å². The molecule has 0 aliphatic carbocycles. The number of rotatable bonds is 6. The van der Waals surface area contributed by atoms with E-state index in [9.17, 15) is 0 Å². The van der Waals surface area contributed by atoms with Gasteiger partial charge in [-0.3, -0.25) is 0 Å². The zero-order valence-corrected chi connectivity index (χ0v) is 12.2. The maximum atomic E-state index is 5.22. The van der Waals surface area contributed by atoms with E-state index >= 15 is 0 Å². The Morgan fingerprint density at radius 1 is 1.41 bits per heavy atom. The Balaban J connectivity index is 2.37. The molecule has 0 fully saturated rings. The van der Waals surface area contributed by atoms with Gasteiger partial charge < -0.3 is 9.84 Å². The second-order valence-electron chi connectivity index (χ2n) is 5.23. The van der Waals surface area contributed by atoms with E-state index in [1.165, 1.54) is 0 Å². The van der Waals surface area contributed by atoms with Gasteiger partial charge >= 0.3 is 0 Å². The first kappa shape index (κ1) is 14.5. The van der Waals surface area contributed by atoms with Crippen LogP contribution in [-0.4, -0.2) is 28.0 Å². The molecule has 98 valence electrons. The lowest BCUT2D eigenvalue weighted by molar-refractivity contribution is 0.365. The molecule has 4 nitrogen and oxygen atoms in total. The minimum Gasteiger partial charge on any atom is -0.339 e. The van der Waals surface area contributed by atoms with Gasteiger partial charge in [0.15, 0.2) is 5.82 Å². The molecule has 1 rings (SSSR count). The van der Waals surface area contributed by atoms with Gasteiger partial charge in [0.2, 0.25) is 5.89 Å². The molecule has 1 heterocycles. The zero-order valence-electron chi connectivity index (χ0n) is 11.4. The van der Waals surface area contributed by atoms with E-state index in [0.717, 1.165) is 30.3 Å². The van der Waals surface area contributed by atoms with E-state index in [4.69, 9.17) is 4.52 Å². The normalized spacial score (nSPS) is 13.9. The summed E-state index contributed by atoms with van der Waals surface area (Å²) in [5.74, 6) is 2.36. The van der Waals surface area contributed by atoms with E-state index in [-0.39, 0.29) is 4.75 Å². The van der Waals surface area contributed by atoms with Gasteiger partial charge in [-0.05, 0) is 20.4 Å². The van der Waals surface area contributed by atoms with Crippen molar-refractivity contribution in [2.24, 2.45) is 0 Å². The minimum atomic E-state index is 0.238. The SMILES string of the molecule is CNC(C)CCc1nc(CSC(C)(C)C)no1. The summed E-state index contributed by atoms with van der Waals surface area (Å²) in [5, 5.41) is 7.19. The Labute approximate surface area is 108 Å². The van der Waals surface area contributed by atoms with Crippen molar-refractivity contribution < 1.29 is 4.52 Å². The van der Waals surface area contributed by atoms with E-state index in [2.05, 4.69) is 43.2 Å². The first-order valence-electron chi connectivity index (χ1n) is 6.03. The van der Waals surface area contributed by atoms with Gasteiger partial charge in [-0.2, -0.15) is 4.98 Å². The van der Waals surface area contributed by atoms with Crippen LogP contribution in [0.25, 0.3) is 0 Å². The average Bonchev–Trinajstić information content (AvgIpc) is 2.70. The predicted molar refractivity (Wildman–Crippen MR) is 72.2 cm³/mol. The molecule has 1 aromatic heterocycles. The quantitative estimate of drug-likeness (QED) is 0.849. The Kier molecular flexibility index (Phi) is 5.46. The average molecular weight is 257 g/mol. The smallest absolute Gasteiger partial charge is 0.226 e. The molecule has 0 aliphatic rings. The van der Waals surface area contributed by atoms with Gasteiger partial charge in [0.1, 0.15) is 0 Å². The molecule has 0 amide bonds. The Hall–Kier alpha value is -0.550. The number of hydrogen-bond donors (Lipinski definition) is 1. The van der Waals surface area contributed by atoms with Crippen LogP contribution < -0.4 is 5.32 Å². The molecule has 0 aliphatic heterocycles. The maximum Gasteiger partial charge on any atom is 0.226 e. The van der Waals surface area contributed by atoms with E-state index < -0.39 is 0 Å². The van der Waals surface area contributed by atoms with Gasteiger partial charge in [0.25, 0.3) is 0 Å². The van der Waals surface area contributed by atoms with Crippen LogP contribution in [0.1, 0.15) is 45.8 Å². The number of hydrogen-bond acceptors (Lipinski definition) is 5. The standard InChI is InChI=1S/C12H23N3OS/c1-9(13-5)6-7-11-14-10(15-16-11)8-17-12(2,3)4/h9,13H,6-8H2,1-5H3. The molecule has 17 heavy (non-hydrogen) atoms. The lowest BCUT2D eigenvalue weighted by Crippen LogP contribution is -2.21. The van der Waals surface area contributed by atoms with Crippen LogP contribution in [0.3, 0.4) is 0 Å². The molecule has 1 atom stereocenters. The molecule has 0 saturated carbocycles. The first-order chi connectivity index (χ1) is 7.90. The number of aryl methyl sites for hydroxylation is 1. The number of aromatic nitrogens is 2. The van der Waals surface area contributed by atoms with Crippen molar-refractivity contribution in [3.8, 4) is 0 Å². The van der Waals surface area contributed by atoms with E-state index in [1.54, 1.807) is 0 Å². The van der Waals surface area contributed by atoms with Crippen LogP contribution >= 0.6 is 11.8 Å². The topological polar surface area (TPSA) is 51.0 Å². The molecule has 1 unspecified atom stereocenters. The second kappa shape index (κ2) is 6.40. The van der Waals surface area contributed by atoms with Gasteiger partial charge in [0, 0.05) is 17.2 Å². The van der Waals surface area contributed by atoms with Crippen LogP contribution in [0, 0.1) is 0 Å². The summed E-state index contributed by atoms with van der Waals surface area (Å²) >= 11 is 1.83. The molecule has 0 saturated heterocycles.